The SMILES string of the molecule is C[C@@H](C(=O)Nc1cccc(-c2cnc(N3CC4C(C3)C4(F)F)nc2)n1)n1cnc2c1c(=O)n(CC=O)c(=O)n2C. The van der Waals surface area contributed by atoms with Crippen LogP contribution in [0.15, 0.2) is 46.5 Å². The van der Waals surface area contributed by atoms with Crippen molar-refractivity contribution in [1.82, 2.24) is 33.6 Å². The fraction of sp³-hybridized carbons (Fsp3) is 0.360. The van der Waals surface area contributed by atoms with Crippen LogP contribution in [0.1, 0.15) is 13.0 Å². The van der Waals surface area contributed by atoms with Gasteiger partial charge in [0.1, 0.15) is 18.1 Å². The Morgan fingerprint density at radius 1 is 1.18 bits per heavy atom. The molecule has 4 aromatic heterocycles. The zero-order valence-corrected chi connectivity index (χ0v) is 21.4. The fourth-order valence-corrected chi connectivity index (χ4v) is 5.13. The van der Waals surface area contributed by atoms with Gasteiger partial charge in [-0.3, -0.25) is 18.7 Å². The third kappa shape index (κ3) is 3.96. The monoisotopic (exact) mass is 551 g/mol. The summed E-state index contributed by atoms with van der Waals surface area (Å²) in [7, 11) is 1.42. The van der Waals surface area contributed by atoms with Gasteiger partial charge in [0.25, 0.3) is 11.5 Å². The first kappa shape index (κ1) is 25.5. The Morgan fingerprint density at radius 3 is 2.55 bits per heavy atom. The maximum absolute atomic E-state index is 13.5. The van der Waals surface area contributed by atoms with E-state index in [9.17, 15) is 28.0 Å². The van der Waals surface area contributed by atoms with Gasteiger partial charge < -0.3 is 19.6 Å². The summed E-state index contributed by atoms with van der Waals surface area (Å²) < 4.78 is 30.2. The Balaban J connectivity index is 1.20. The van der Waals surface area contributed by atoms with Gasteiger partial charge in [-0.15, -0.1) is 0 Å². The minimum atomic E-state index is -2.58. The highest BCUT2D eigenvalue weighted by molar-refractivity contribution is 5.93. The van der Waals surface area contributed by atoms with Crippen LogP contribution in [0.5, 0.6) is 0 Å². The highest BCUT2D eigenvalue weighted by atomic mass is 19.3. The molecule has 15 heteroatoms. The number of rotatable bonds is 7. The number of aldehydes is 1. The van der Waals surface area contributed by atoms with Gasteiger partial charge in [-0.2, -0.15) is 0 Å². The molecule has 0 radical (unpaired) electrons. The second-order valence-electron chi connectivity index (χ2n) is 9.89. The van der Waals surface area contributed by atoms with Gasteiger partial charge in [-0.1, -0.05) is 6.07 Å². The maximum Gasteiger partial charge on any atom is 0.332 e. The first-order valence-electron chi connectivity index (χ1n) is 12.4. The van der Waals surface area contributed by atoms with Crippen LogP contribution < -0.4 is 21.5 Å². The van der Waals surface area contributed by atoms with Crippen LogP contribution in [-0.4, -0.2) is 64.8 Å². The third-order valence-corrected chi connectivity index (χ3v) is 7.53. The van der Waals surface area contributed by atoms with Gasteiger partial charge in [-0.25, -0.2) is 33.5 Å². The Hall–Kier alpha value is -4.82. The summed E-state index contributed by atoms with van der Waals surface area (Å²) in [6, 6.07) is 4.06. The Morgan fingerprint density at radius 2 is 1.88 bits per heavy atom. The van der Waals surface area contributed by atoms with Crippen molar-refractivity contribution < 1.29 is 18.4 Å². The molecule has 1 aliphatic heterocycles. The summed E-state index contributed by atoms with van der Waals surface area (Å²) in [5, 5.41) is 2.71. The summed E-state index contributed by atoms with van der Waals surface area (Å²) in [4.78, 5) is 68.5. The summed E-state index contributed by atoms with van der Waals surface area (Å²) in [6.45, 7) is 1.58. The van der Waals surface area contributed by atoms with Gasteiger partial charge in [0.2, 0.25) is 11.9 Å². The average Bonchev–Trinajstić information content (AvgIpc) is 3.38. The minimum absolute atomic E-state index is 0.00423. The molecular weight excluding hydrogens is 528 g/mol. The van der Waals surface area contributed by atoms with E-state index < -0.39 is 47.5 Å². The van der Waals surface area contributed by atoms with Crippen LogP contribution in [-0.2, 0) is 23.2 Å². The van der Waals surface area contributed by atoms with Crippen molar-refractivity contribution in [2.24, 2.45) is 18.9 Å². The second kappa shape index (κ2) is 9.14. The van der Waals surface area contributed by atoms with E-state index in [4.69, 9.17) is 0 Å². The standard InChI is InChI=1S/C25H23F2N9O4/c1-13(36-12-30-20-19(36)22(39)35(6-7-37)24(40)33(20)2)21(38)32-18-5-3-4-17(31-18)14-8-28-23(29-9-14)34-10-15-16(11-34)25(15,26)27/h3-5,7-9,12-13,15-16H,6,10-11H2,1-2H3,(H,31,32,38)/t13-,15?,16?/m0/s1. The molecule has 13 nitrogen and oxygen atoms in total. The first-order chi connectivity index (χ1) is 19.1. The topological polar surface area (TPSA) is 150 Å². The molecule has 1 aliphatic carbocycles. The van der Waals surface area contributed by atoms with Gasteiger partial charge in [0, 0.05) is 38.1 Å². The van der Waals surface area contributed by atoms with E-state index in [1.807, 2.05) is 0 Å². The lowest BCUT2D eigenvalue weighted by atomic mass is 10.2. The minimum Gasteiger partial charge on any atom is -0.340 e. The molecule has 6 rings (SSSR count). The van der Waals surface area contributed by atoms with Crippen molar-refractivity contribution in [3.63, 3.8) is 0 Å². The molecule has 2 unspecified atom stereocenters. The third-order valence-electron chi connectivity index (χ3n) is 7.53. The number of halogens is 2. The van der Waals surface area contributed by atoms with Crippen molar-refractivity contribution in [3.05, 3.63) is 57.8 Å². The number of carbonyl (C=O) groups is 2. The number of nitrogens with one attached hydrogen (secondary N) is 1. The van der Waals surface area contributed by atoms with Crippen LogP contribution in [0.4, 0.5) is 20.5 Å². The number of pyridine rings is 1. The number of hydrogen-bond donors (Lipinski definition) is 1. The molecule has 0 bridgehead atoms. The number of carbonyl (C=O) groups excluding carboxylic acids is 2. The van der Waals surface area contributed by atoms with Crippen molar-refractivity contribution in [2.45, 2.75) is 25.4 Å². The van der Waals surface area contributed by atoms with Crippen LogP contribution in [0.2, 0.25) is 0 Å². The van der Waals surface area contributed by atoms with E-state index in [-0.39, 0.29) is 30.1 Å². The largest absolute Gasteiger partial charge is 0.340 e. The molecule has 1 N–H and O–H groups in total. The summed E-state index contributed by atoms with van der Waals surface area (Å²) >= 11 is 0. The van der Waals surface area contributed by atoms with Crippen LogP contribution in [0, 0.1) is 11.8 Å². The molecule has 0 spiro atoms. The predicted molar refractivity (Wildman–Crippen MR) is 138 cm³/mol. The van der Waals surface area contributed by atoms with Gasteiger partial charge >= 0.3 is 5.69 Å². The summed E-state index contributed by atoms with van der Waals surface area (Å²) in [5.41, 5.74) is -0.286. The van der Waals surface area contributed by atoms with Crippen LogP contribution in [0.3, 0.4) is 0 Å². The van der Waals surface area contributed by atoms with E-state index in [0.717, 1.165) is 9.13 Å². The van der Waals surface area contributed by atoms with E-state index in [2.05, 4.69) is 25.3 Å². The molecule has 1 saturated carbocycles. The number of nitrogens with zero attached hydrogens (tertiary/aromatic N) is 8. The van der Waals surface area contributed by atoms with Gasteiger partial charge in [0.05, 0.1) is 30.4 Å². The number of anilines is 2. The highest BCUT2D eigenvalue weighted by Crippen LogP contribution is 2.59. The van der Waals surface area contributed by atoms with Gasteiger partial charge in [0.15, 0.2) is 11.2 Å². The number of imidazole rings is 1. The van der Waals surface area contributed by atoms with E-state index in [0.29, 0.717) is 23.5 Å². The molecule has 2 aliphatic rings. The summed E-state index contributed by atoms with van der Waals surface area (Å²) in [5.74, 6) is -3.75. The molecule has 4 aromatic rings. The van der Waals surface area contributed by atoms with E-state index in [1.54, 1.807) is 42.4 Å². The molecule has 5 heterocycles. The quantitative estimate of drug-likeness (QED) is 0.330. The Bertz CT molecular complexity index is 1770. The van der Waals surface area contributed by atoms with Crippen molar-refractivity contribution in [3.8, 4) is 11.3 Å². The Kier molecular flexibility index (Phi) is 5.81. The molecule has 2 fully saturated rings. The number of alkyl halides is 2. The highest BCUT2D eigenvalue weighted by Gasteiger charge is 2.72. The smallest absolute Gasteiger partial charge is 0.332 e. The lowest BCUT2D eigenvalue weighted by Crippen LogP contribution is -2.40. The zero-order valence-electron chi connectivity index (χ0n) is 21.4. The zero-order chi connectivity index (χ0) is 28.3. The van der Waals surface area contributed by atoms with Crippen molar-refractivity contribution in [1.29, 1.82) is 0 Å². The number of fused-ring (bicyclic) bond motifs is 2. The van der Waals surface area contributed by atoms with E-state index in [1.165, 1.54) is 17.9 Å². The van der Waals surface area contributed by atoms with Crippen LogP contribution in [0.25, 0.3) is 22.4 Å². The predicted octanol–water partition coefficient (Wildman–Crippen LogP) is 0.849. The number of hydrogen-bond acceptors (Lipinski definition) is 9. The van der Waals surface area contributed by atoms with Crippen LogP contribution >= 0.6 is 0 Å². The number of aromatic nitrogens is 7. The molecular formula is C25H23F2N9O4. The normalized spacial score (nSPS) is 19.9. The molecule has 40 heavy (non-hydrogen) atoms. The fourth-order valence-electron chi connectivity index (χ4n) is 5.13. The molecule has 206 valence electrons. The van der Waals surface area contributed by atoms with Gasteiger partial charge in [-0.05, 0) is 19.1 Å². The van der Waals surface area contributed by atoms with Crippen molar-refractivity contribution >= 4 is 35.1 Å². The second-order valence-corrected chi connectivity index (χ2v) is 9.89. The first-order valence-corrected chi connectivity index (χ1v) is 12.4. The number of aryl methyl sites for hydroxylation is 1. The molecule has 0 aromatic carbocycles. The lowest BCUT2D eigenvalue weighted by Gasteiger charge is -2.19. The number of piperidine rings is 1. The molecule has 1 saturated heterocycles. The van der Waals surface area contributed by atoms with Crippen molar-refractivity contribution in [2.75, 3.05) is 23.3 Å². The molecule has 1 amide bonds. The number of amides is 1. The average molecular weight is 552 g/mol. The summed E-state index contributed by atoms with van der Waals surface area (Å²) in [6.07, 6.45) is 4.83. The molecule has 3 atom stereocenters. The lowest BCUT2D eigenvalue weighted by molar-refractivity contribution is -0.118. The Labute approximate surface area is 224 Å². The van der Waals surface area contributed by atoms with E-state index >= 15 is 0 Å². The maximum atomic E-state index is 13.5.